The fraction of sp³-hybridized carbons (Fsp3) is 0.458. The molecule has 0 radical (unpaired) electrons. The Morgan fingerprint density at radius 1 is 1.21 bits per heavy atom. The van der Waals surface area contributed by atoms with Crippen molar-refractivity contribution in [2.24, 2.45) is 0 Å². The number of fused-ring (bicyclic) bond motifs is 1. The van der Waals surface area contributed by atoms with Crippen molar-refractivity contribution in [2.45, 2.75) is 56.7 Å². The molecule has 5 rings (SSSR count). The maximum absolute atomic E-state index is 14.0. The SMILES string of the molecule is COc1ccc(F)cc1[C@H]1CCCN1c1ccn2ncc(C(=O)N[C@H]3CC[C@H](O)CC3)c2n1. The van der Waals surface area contributed by atoms with Gasteiger partial charge in [0.05, 0.1) is 25.5 Å². The highest BCUT2D eigenvalue weighted by molar-refractivity contribution is 5.99. The van der Waals surface area contributed by atoms with Gasteiger partial charge in [0.15, 0.2) is 5.65 Å². The zero-order valence-electron chi connectivity index (χ0n) is 18.6. The van der Waals surface area contributed by atoms with E-state index < -0.39 is 0 Å². The predicted octanol–water partition coefficient (Wildman–Crippen LogP) is 3.25. The first kappa shape index (κ1) is 21.6. The van der Waals surface area contributed by atoms with Crippen LogP contribution in [0.3, 0.4) is 0 Å². The van der Waals surface area contributed by atoms with Crippen LogP contribution in [-0.4, -0.2) is 51.4 Å². The van der Waals surface area contributed by atoms with E-state index >= 15 is 0 Å². The minimum Gasteiger partial charge on any atom is -0.496 e. The highest BCUT2D eigenvalue weighted by atomic mass is 19.1. The second-order valence-corrected chi connectivity index (χ2v) is 8.83. The second-order valence-electron chi connectivity index (χ2n) is 8.83. The summed E-state index contributed by atoms with van der Waals surface area (Å²) in [6.07, 6.45) is 7.77. The number of hydrogen-bond acceptors (Lipinski definition) is 6. The van der Waals surface area contributed by atoms with Crippen molar-refractivity contribution in [3.8, 4) is 5.75 Å². The molecular weight excluding hydrogens is 425 g/mol. The highest BCUT2D eigenvalue weighted by Gasteiger charge is 2.30. The lowest BCUT2D eigenvalue weighted by Crippen LogP contribution is -2.38. The van der Waals surface area contributed by atoms with Gasteiger partial charge < -0.3 is 20.1 Å². The highest BCUT2D eigenvalue weighted by Crippen LogP contribution is 2.39. The van der Waals surface area contributed by atoms with Crippen molar-refractivity contribution >= 4 is 17.4 Å². The molecule has 1 aliphatic heterocycles. The standard InChI is InChI=1S/C24H28FN5O3/c1-33-21-9-4-15(25)13-18(21)20-3-2-11-29(20)22-10-12-30-23(28-22)19(14-26-30)24(32)27-16-5-7-17(31)8-6-16/h4,9-10,12-14,16-17,20,31H,2-3,5-8,11H2,1H3,(H,27,32)/t16-,17-,20-/m1/s1. The third-order valence-corrected chi connectivity index (χ3v) is 6.73. The molecule has 1 atom stereocenters. The molecule has 8 nitrogen and oxygen atoms in total. The Balaban J connectivity index is 1.42. The van der Waals surface area contributed by atoms with Crippen LogP contribution in [0.15, 0.2) is 36.7 Å². The molecule has 1 saturated carbocycles. The number of nitrogens with one attached hydrogen (secondary N) is 1. The summed E-state index contributed by atoms with van der Waals surface area (Å²) in [6.45, 7) is 0.771. The van der Waals surface area contributed by atoms with Crippen LogP contribution in [0.2, 0.25) is 0 Å². The van der Waals surface area contributed by atoms with Crippen LogP contribution < -0.4 is 15.0 Å². The molecule has 2 fully saturated rings. The van der Waals surface area contributed by atoms with Crippen LogP contribution in [0.1, 0.15) is 60.5 Å². The van der Waals surface area contributed by atoms with Crippen molar-refractivity contribution in [3.05, 3.63) is 53.6 Å². The molecule has 1 saturated heterocycles. The van der Waals surface area contributed by atoms with Crippen molar-refractivity contribution in [2.75, 3.05) is 18.6 Å². The lowest BCUT2D eigenvalue weighted by atomic mass is 9.93. The van der Waals surface area contributed by atoms with Crippen LogP contribution in [0.25, 0.3) is 5.65 Å². The van der Waals surface area contributed by atoms with Gasteiger partial charge in [-0.25, -0.2) is 13.9 Å². The Bertz CT molecular complexity index is 1160. The second kappa shape index (κ2) is 8.97. The normalized spacial score (nSPS) is 23.1. The molecule has 33 heavy (non-hydrogen) atoms. The molecule has 1 amide bonds. The van der Waals surface area contributed by atoms with Gasteiger partial charge >= 0.3 is 0 Å². The number of anilines is 1. The van der Waals surface area contributed by atoms with Crippen molar-refractivity contribution < 1.29 is 19.0 Å². The molecule has 3 heterocycles. The van der Waals surface area contributed by atoms with Gasteiger partial charge in [0.25, 0.3) is 5.91 Å². The molecule has 2 aliphatic rings. The Kier molecular flexibility index (Phi) is 5.88. The molecular formula is C24H28FN5O3. The summed E-state index contributed by atoms with van der Waals surface area (Å²) in [7, 11) is 1.59. The van der Waals surface area contributed by atoms with E-state index in [1.165, 1.54) is 18.3 Å². The van der Waals surface area contributed by atoms with E-state index in [9.17, 15) is 14.3 Å². The van der Waals surface area contributed by atoms with Crippen molar-refractivity contribution in [1.82, 2.24) is 19.9 Å². The van der Waals surface area contributed by atoms with Gasteiger partial charge in [0, 0.05) is 24.3 Å². The monoisotopic (exact) mass is 453 g/mol. The summed E-state index contributed by atoms with van der Waals surface area (Å²) < 4.78 is 21.1. The third-order valence-electron chi connectivity index (χ3n) is 6.73. The molecule has 0 bridgehead atoms. The number of aliphatic hydroxyl groups excluding tert-OH is 1. The van der Waals surface area contributed by atoms with Crippen molar-refractivity contribution in [1.29, 1.82) is 0 Å². The number of hydrogen-bond donors (Lipinski definition) is 2. The molecule has 3 aromatic rings. The van der Waals surface area contributed by atoms with E-state index in [1.54, 1.807) is 23.9 Å². The Labute approximate surface area is 191 Å². The summed E-state index contributed by atoms with van der Waals surface area (Å²) in [5, 5.41) is 17.1. The van der Waals surface area contributed by atoms with E-state index in [0.29, 0.717) is 35.6 Å². The van der Waals surface area contributed by atoms with Gasteiger partial charge in [-0.1, -0.05) is 0 Å². The van der Waals surface area contributed by atoms with E-state index in [4.69, 9.17) is 9.72 Å². The van der Waals surface area contributed by atoms with Crippen molar-refractivity contribution in [3.63, 3.8) is 0 Å². The minimum atomic E-state index is -0.300. The number of carbonyl (C=O) groups is 1. The largest absolute Gasteiger partial charge is 0.496 e. The summed E-state index contributed by atoms with van der Waals surface area (Å²) >= 11 is 0. The quantitative estimate of drug-likeness (QED) is 0.616. The van der Waals surface area contributed by atoms with E-state index in [-0.39, 0.29) is 29.9 Å². The number of methoxy groups -OCH3 is 1. The average Bonchev–Trinajstić information content (AvgIpc) is 3.47. The first-order chi connectivity index (χ1) is 16.0. The van der Waals surface area contributed by atoms with Crippen LogP contribution in [-0.2, 0) is 0 Å². The van der Waals surface area contributed by atoms with Gasteiger partial charge in [-0.3, -0.25) is 4.79 Å². The summed E-state index contributed by atoms with van der Waals surface area (Å²) in [5.41, 5.74) is 1.70. The van der Waals surface area contributed by atoms with Gasteiger partial charge in [-0.15, -0.1) is 0 Å². The van der Waals surface area contributed by atoms with Gasteiger partial charge in [-0.2, -0.15) is 5.10 Å². The fourth-order valence-electron chi connectivity index (χ4n) is 4.99. The Hall–Kier alpha value is -3.20. The third kappa shape index (κ3) is 4.25. The van der Waals surface area contributed by atoms with E-state index in [1.807, 2.05) is 6.07 Å². The zero-order valence-corrected chi connectivity index (χ0v) is 18.6. The van der Waals surface area contributed by atoms with Gasteiger partial charge in [0.1, 0.15) is 22.9 Å². The molecule has 9 heteroatoms. The minimum absolute atomic E-state index is 0.0439. The lowest BCUT2D eigenvalue weighted by molar-refractivity contribution is 0.0869. The van der Waals surface area contributed by atoms with E-state index in [2.05, 4.69) is 15.3 Å². The van der Waals surface area contributed by atoms with Crippen LogP contribution in [0, 0.1) is 5.82 Å². The molecule has 2 N–H and O–H groups in total. The summed E-state index contributed by atoms with van der Waals surface area (Å²) in [6, 6.07) is 6.42. The number of ether oxygens (including phenoxy) is 1. The maximum Gasteiger partial charge on any atom is 0.256 e. The maximum atomic E-state index is 14.0. The van der Waals surface area contributed by atoms with Crippen LogP contribution >= 0.6 is 0 Å². The smallest absolute Gasteiger partial charge is 0.256 e. The number of rotatable bonds is 5. The molecule has 0 spiro atoms. The number of nitrogens with zero attached hydrogens (tertiary/aromatic N) is 4. The number of benzene rings is 1. The molecule has 1 aliphatic carbocycles. The average molecular weight is 454 g/mol. The number of amides is 1. The molecule has 0 unspecified atom stereocenters. The summed E-state index contributed by atoms with van der Waals surface area (Å²) in [5.74, 6) is 0.856. The first-order valence-corrected chi connectivity index (χ1v) is 11.5. The van der Waals surface area contributed by atoms with E-state index in [0.717, 1.165) is 37.8 Å². The van der Waals surface area contributed by atoms with Crippen LogP contribution in [0.4, 0.5) is 10.2 Å². The molecule has 1 aromatic carbocycles. The molecule has 2 aromatic heterocycles. The fourth-order valence-corrected chi connectivity index (χ4v) is 4.99. The number of halogens is 1. The summed E-state index contributed by atoms with van der Waals surface area (Å²) in [4.78, 5) is 19.9. The molecule has 174 valence electrons. The predicted molar refractivity (Wildman–Crippen MR) is 121 cm³/mol. The first-order valence-electron chi connectivity index (χ1n) is 11.5. The lowest BCUT2D eigenvalue weighted by Gasteiger charge is -2.27. The van der Waals surface area contributed by atoms with Gasteiger partial charge in [-0.05, 0) is 62.8 Å². The number of carbonyl (C=O) groups excluding carboxylic acids is 1. The zero-order chi connectivity index (χ0) is 22.9. The Morgan fingerprint density at radius 2 is 2.03 bits per heavy atom. The number of aliphatic hydroxyl groups is 1. The van der Waals surface area contributed by atoms with Gasteiger partial charge in [0.2, 0.25) is 0 Å². The topological polar surface area (TPSA) is 92.0 Å². The Morgan fingerprint density at radius 3 is 2.82 bits per heavy atom. The van der Waals surface area contributed by atoms with Crippen LogP contribution in [0.5, 0.6) is 5.75 Å². The number of aromatic nitrogens is 3.